The number of nitrogens with one attached hydrogen (secondary N) is 7. The SMILES string of the molecule is C.CC(C)(C)c1cc(C(C)(C)C)c2[nH]c(C(C)(C)C)c(CC(NC(=O)C(N)CCCN=C(N)N)C(=O)NC(CCCN=C(N)N)C(=O)NCCc3ccccc3)c2c1.NC(N)=NCCCC(N)C(=O)NC(Cc1ccc(-c2ccc3ccccc3c2)cc1)C(=O)NC(CCCN=C(N)N)C(=O)NCCc1ccccc1. The number of nitrogens with zero attached hydrogens (tertiary/aromatic N) is 4. The van der Waals surface area contributed by atoms with E-state index < -0.39 is 59.9 Å². The molecule has 0 radical (unpaired) electrons. The van der Waals surface area contributed by atoms with E-state index in [9.17, 15) is 28.8 Å². The van der Waals surface area contributed by atoms with Gasteiger partial charge in [-0.1, -0.05) is 197 Å². The molecule has 6 amide bonds. The number of aliphatic imine (C=N–C) groups is 4. The van der Waals surface area contributed by atoms with Crippen molar-refractivity contribution in [2.24, 2.45) is 77.3 Å². The lowest BCUT2D eigenvalue weighted by molar-refractivity contribution is -0.132. The Morgan fingerprint density at radius 3 is 1.22 bits per heavy atom. The van der Waals surface area contributed by atoms with Gasteiger partial charge in [0.2, 0.25) is 35.4 Å². The molecule has 0 saturated heterocycles. The number of benzene rings is 6. The zero-order valence-corrected chi connectivity index (χ0v) is 65.0. The number of rotatable bonds is 37. The Labute approximate surface area is 649 Å². The van der Waals surface area contributed by atoms with Crippen molar-refractivity contribution in [1.82, 2.24) is 36.9 Å². The Balaban J connectivity index is 0.000000392. The molecule has 0 aliphatic rings. The minimum atomic E-state index is -1.09. The summed E-state index contributed by atoms with van der Waals surface area (Å²) in [4.78, 5) is 102. The van der Waals surface area contributed by atoms with Gasteiger partial charge in [0.25, 0.3) is 0 Å². The van der Waals surface area contributed by atoms with Crippen molar-refractivity contribution in [3.63, 3.8) is 0 Å². The maximum absolute atomic E-state index is 14.6. The van der Waals surface area contributed by atoms with E-state index in [0.717, 1.165) is 71.9 Å². The fraction of sp³-hybridized carbons (Fsp3) is 0.446. The fourth-order valence-electron chi connectivity index (χ4n) is 12.4. The van der Waals surface area contributed by atoms with E-state index in [-0.39, 0.29) is 98.1 Å². The highest BCUT2D eigenvalue weighted by atomic mass is 16.2. The van der Waals surface area contributed by atoms with E-state index in [1.165, 1.54) is 0 Å². The van der Waals surface area contributed by atoms with E-state index in [1.54, 1.807) is 0 Å². The Kier molecular flexibility index (Phi) is 35.2. The largest absolute Gasteiger partial charge is 0.370 e. The van der Waals surface area contributed by atoms with Crippen LogP contribution in [0.25, 0.3) is 32.8 Å². The van der Waals surface area contributed by atoms with Crippen LogP contribution in [0, 0.1) is 0 Å². The fourth-order valence-corrected chi connectivity index (χ4v) is 12.4. The summed E-state index contributed by atoms with van der Waals surface area (Å²) in [6.07, 6.45) is 4.45. The Morgan fingerprint density at radius 2 is 0.800 bits per heavy atom. The summed E-state index contributed by atoms with van der Waals surface area (Å²) in [6.45, 7) is 21.4. The Morgan fingerprint density at radius 1 is 0.400 bits per heavy atom. The molecule has 596 valence electrons. The lowest BCUT2D eigenvalue weighted by Gasteiger charge is -2.27. The van der Waals surface area contributed by atoms with Gasteiger partial charge >= 0.3 is 0 Å². The molecule has 110 heavy (non-hydrogen) atoms. The van der Waals surface area contributed by atoms with Crippen LogP contribution in [0.15, 0.2) is 159 Å². The van der Waals surface area contributed by atoms with Gasteiger partial charge in [0.15, 0.2) is 23.8 Å². The number of nitrogens with two attached hydrogens (primary N) is 10. The maximum Gasteiger partial charge on any atom is 0.243 e. The van der Waals surface area contributed by atoms with Gasteiger partial charge in [-0.2, -0.15) is 0 Å². The van der Waals surface area contributed by atoms with E-state index in [0.29, 0.717) is 77.5 Å². The number of carbonyl (C=O) groups excluding carboxylic acids is 6. The van der Waals surface area contributed by atoms with Gasteiger partial charge in [-0.25, -0.2) is 0 Å². The van der Waals surface area contributed by atoms with Gasteiger partial charge in [-0.05, 0) is 142 Å². The molecule has 1 aromatic heterocycles. The van der Waals surface area contributed by atoms with Crippen LogP contribution < -0.4 is 89.2 Å². The monoisotopic (exact) mass is 1510 g/mol. The van der Waals surface area contributed by atoms with Gasteiger partial charge in [-0.3, -0.25) is 48.7 Å². The molecule has 0 aliphatic heterocycles. The number of carbonyl (C=O) groups is 6. The first kappa shape index (κ1) is 89.6. The van der Waals surface area contributed by atoms with Crippen LogP contribution in [0.5, 0.6) is 0 Å². The number of aromatic amines is 1. The highest BCUT2D eigenvalue weighted by Gasteiger charge is 2.35. The predicted molar refractivity (Wildman–Crippen MR) is 448 cm³/mol. The van der Waals surface area contributed by atoms with Crippen molar-refractivity contribution >= 4 is 81.0 Å². The average Bonchev–Trinajstić information content (AvgIpc) is 1.58. The van der Waals surface area contributed by atoms with Crippen molar-refractivity contribution in [1.29, 1.82) is 0 Å². The molecule has 6 unspecified atom stereocenters. The Bertz CT molecular complexity index is 4240. The third-order valence-corrected chi connectivity index (χ3v) is 18.5. The van der Waals surface area contributed by atoms with Crippen LogP contribution in [0.4, 0.5) is 0 Å². The third kappa shape index (κ3) is 29.8. The summed E-state index contributed by atoms with van der Waals surface area (Å²) in [7, 11) is 0. The second-order valence-corrected chi connectivity index (χ2v) is 30.6. The molecule has 6 aromatic carbocycles. The van der Waals surface area contributed by atoms with Crippen LogP contribution in [0.2, 0.25) is 0 Å². The second kappa shape index (κ2) is 43.2. The number of amides is 6. The topological polar surface area (TPSA) is 500 Å². The molecule has 27 nitrogen and oxygen atoms in total. The minimum Gasteiger partial charge on any atom is -0.370 e. The smallest absolute Gasteiger partial charge is 0.243 e. The van der Waals surface area contributed by atoms with Gasteiger partial charge in [0.1, 0.15) is 24.2 Å². The molecule has 7 rings (SSSR count). The standard InChI is InChI=1S/C43H69N11O3.C39H50N10O3.CH4/c1-41(2,3)27-23-28-29(35(43(7,8)9)54-34(28)30(24-27)42(4,5)6)25-33(53-36(55)31(44)17-13-20-50-39(45)46)38(57)52-32(18-14-21-51-40(47)48)37(56)49-22-19-26-15-11-10-12-16-26;40-32(12-6-21-46-38(41)42)35(50)49-34(24-27-14-16-29(17-15-27)31-19-18-28-10-4-5-11-30(28)25-31)37(52)48-33(13-7-22-47-39(43)44)36(51)45-23-20-26-8-2-1-3-9-26;/h10-12,15-16,23-24,31-33,54H,13-14,17-22,25,44H2,1-9H3,(H,49,56)(H,52,57)(H,53,55)(H4,45,46,50)(H4,47,48,51);1-5,8-11,14-19,25,32-34H,6-7,12-13,20-24,40H2,(H,45,51)(H,48,52)(H,49,50)(H4,41,42,46)(H4,43,44,47);1H4. The third-order valence-electron chi connectivity index (χ3n) is 18.5. The zero-order chi connectivity index (χ0) is 80.0. The molecule has 0 fully saturated rings. The first-order valence-corrected chi connectivity index (χ1v) is 37.4. The summed E-state index contributed by atoms with van der Waals surface area (Å²) < 4.78 is 0. The van der Waals surface area contributed by atoms with Crippen molar-refractivity contribution in [2.45, 2.75) is 199 Å². The molecule has 6 atom stereocenters. The lowest BCUT2D eigenvalue weighted by Crippen LogP contribution is -2.56. The highest BCUT2D eigenvalue weighted by Crippen LogP contribution is 2.40. The van der Waals surface area contributed by atoms with Gasteiger partial charge in [0.05, 0.1) is 12.1 Å². The summed E-state index contributed by atoms with van der Waals surface area (Å²) in [5.41, 5.74) is 65.9. The molecule has 0 bridgehead atoms. The lowest BCUT2D eigenvalue weighted by atomic mass is 9.78. The van der Waals surface area contributed by atoms with E-state index in [2.05, 4.69) is 162 Å². The van der Waals surface area contributed by atoms with Crippen molar-refractivity contribution in [3.8, 4) is 11.1 Å². The maximum atomic E-state index is 14.6. The molecule has 0 saturated carbocycles. The van der Waals surface area contributed by atoms with Crippen LogP contribution >= 0.6 is 0 Å². The normalized spacial score (nSPS) is 13.0. The van der Waals surface area contributed by atoms with Crippen molar-refractivity contribution in [3.05, 3.63) is 179 Å². The average molecular weight is 1510 g/mol. The summed E-state index contributed by atoms with van der Waals surface area (Å²) >= 11 is 0. The first-order valence-electron chi connectivity index (χ1n) is 37.4. The van der Waals surface area contributed by atoms with Gasteiger partial charge in [0, 0.05) is 74.1 Å². The van der Waals surface area contributed by atoms with Crippen molar-refractivity contribution in [2.75, 3.05) is 39.3 Å². The minimum absolute atomic E-state index is 0. The molecular weight excluding hydrogens is 1390 g/mol. The molecule has 27 N–H and O–H groups in total. The summed E-state index contributed by atoms with van der Waals surface area (Å²) in [6, 6.07) is 40.5. The number of guanidine groups is 4. The van der Waals surface area contributed by atoms with Gasteiger partial charge < -0.3 is 94.2 Å². The number of H-pyrrole nitrogens is 1. The molecule has 0 aliphatic carbocycles. The predicted octanol–water partition coefficient (Wildman–Crippen LogP) is 5.81. The number of hydrogen-bond acceptors (Lipinski definition) is 12. The summed E-state index contributed by atoms with van der Waals surface area (Å²) in [5.74, 6) is -2.95. The quantitative estimate of drug-likeness (QED) is 0.0124. The van der Waals surface area contributed by atoms with E-state index >= 15 is 0 Å². The molecular formula is C83H123N21O6. The van der Waals surface area contributed by atoms with Crippen LogP contribution in [0.3, 0.4) is 0 Å². The Hall–Kier alpha value is -11.1. The molecule has 7 aromatic rings. The van der Waals surface area contributed by atoms with Crippen LogP contribution in [0.1, 0.15) is 160 Å². The molecule has 27 heteroatoms. The molecule has 1 heterocycles. The van der Waals surface area contributed by atoms with Crippen LogP contribution in [-0.4, -0.2) is 140 Å². The number of hydrogen-bond donors (Lipinski definition) is 17. The van der Waals surface area contributed by atoms with Gasteiger partial charge in [-0.15, -0.1) is 0 Å². The van der Waals surface area contributed by atoms with E-state index in [1.807, 2.05) is 97.1 Å². The first-order chi connectivity index (χ1) is 51.6. The summed E-state index contributed by atoms with van der Waals surface area (Å²) in [5, 5.41) is 20.8. The van der Waals surface area contributed by atoms with Crippen molar-refractivity contribution < 1.29 is 28.8 Å². The van der Waals surface area contributed by atoms with Crippen LogP contribution in [-0.2, 0) is 70.7 Å². The van der Waals surface area contributed by atoms with E-state index in [4.69, 9.17) is 57.3 Å². The molecule has 0 spiro atoms. The highest BCUT2D eigenvalue weighted by molar-refractivity contribution is 5.96. The number of fused-ring (bicyclic) bond motifs is 2. The second-order valence-electron chi connectivity index (χ2n) is 30.6. The number of aromatic nitrogens is 1. The zero-order valence-electron chi connectivity index (χ0n) is 65.0.